The van der Waals surface area contributed by atoms with E-state index in [-0.39, 0.29) is 11.4 Å². The molecule has 1 aromatic carbocycles. The van der Waals surface area contributed by atoms with Crippen LogP contribution in [0.4, 0.5) is 4.39 Å². The van der Waals surface area contributed by atoms with E-state index in [1.54, 1.807) is 6.07 Å². The summed E-state index contributed by atoms with van der Waals surface area (Å²) >= 11 is 0. The third-order valence-corrected chi connectivity index (χ3v) is 4.36. The van der Waals surface area contributed by atoms with Gasteiger partial charge in [0.1, 0.15) is 11.6 Å². The minimum atomic E-state index is -0.227. The van der Waals surface area contributed by atoms with Crippen molar-refractivity contribution in [3.05, 3.63) is 29.8 Å². The van der Waals surface area contributed by atoms with Gasteiger partial charge in [0.05, 0.1) is 11.0 Å². The number of benzene rings is 1. The second-order valence-corrected chi connectivity index (χ2v) is 6.39. The van der Waals surface area contributed by atoms with Gasteiger partial charge >= 0.3 is 0 Å². The van der Waals surface area contributed by atoms with Crippen molar-refractivity contribution in [1.82, 2.24) is 20.6 Å². The quantitative estimate of drug-likeness (QED) is 0.741. The largest absolute Gasteiger partial charge is 0.342 e. The number of aryl methyl sites for hydroxylation is 1. The normalized spacial score (nSPS) is 21.2. The van der Waals surface area contributed by atoms with Gasteiger partial charge in [-0.25, -0.2) is 9.37 Å². The Balaban J connectivity index is 1.50. The second kappa shape index (κ2) is 5.73. The van der Waals surface area contributed by atoms with Gasteiger partial charge in [0, 0.05) is 18.0 Å². The molecule has 0 saturated carbocycles. The summed E-state index contributed by atoms with van der Waals surface area (Å²) in [6.45, 7) is 6.54. The maximum Gasteiger partial charge on any atom is 0.125 e. The van der Waals surface area contributed by atoms with Crippen LogP contribution in [0.15, 0.2) is 18.2 Å². The summed E-state index contributed by atoms with van der Waals surface area (Å²) in [7, 11) is 0. The van der Waals surface area contributed by atoms with E-state index in [9.17, 15) is 4.39 Å². The van der Waals surface area contributed by atoms with E-state index >= 15 is 0 Å². The maximum atomic E-state index is 13.1. The molecule has 1 aliphatic rings. The smallest absolute Gasteiger partial charge is 0.125 e. The molecule has 0 bridgehead atoms. The Kier molecular flexibility index (Phi) is 3.95. The van der Waals surface area contributed by atoms with Crippen LogP contribution in [-0.4, -0.2) is 34.6 Å². The van der Waals surface area contributed by atoms with E-state index in [0.717, 1.165) is 42.8 Å². The lowest BCUT2D eigenvalue weighted by molar-refractivity contribution is 0.350. The first kappa shape index (κ1) is 14.5. The molecule has 1 aliphatic heterocycles. The number of nitrogens with one attached hydrogen (secondary N) is 3. The molecule has 0 aliphatic carbocycles. The van der Waals surface area contributed by atoms with Gasteiger partial charge in [0.15, 0.2) is 0 Å². The summed E-state index contributed by atoms with van der Waals surface area (Å²) in [6.07, 6.45) is 3.08. The van der Waals surface area contributed by atoms with Crippen molar-refractivity contribution in [3.8, 4) is 0 Å². The van der Waals surface area contributed by atoms with Crippen molar-refractivity contribution in [1.29, 1.82) is 0 Å². The number of hydrogen-bond donors (Lipinski definition) is 3. The van der Waals surface area contributed by atoms with Crippen LogP contribution in [0.3, 0.4) is 0 Å². The molecule has 0 spiro atoms. The zero-order valence-corrected chi connectivity index (χ0v) is 12.7. The predicted molar refractivity (Wildman–Crippen MR) is 82.9 cm³/mol. The second-order valence-electron chi connectivity index (χ2n) is 6.39. The molecule has 5 heteroatoms. The Labute approximate surface area is 124 Å². The third kappa shape index (κ3) is 3.24. The zero-order chi connectivity index (χ0) is 14.9. The Morgan fingerprint density at radius 1 is 1.43 bits per heavy atom. The van der Waals surface area contributed by atoms with E-state index in [2.05, 4.69) is 34.4 Å². The highest BCUT2D eigenvalue weighted by atomic mass is 19.1. The van der Waals surface area contributed by atoms with Crippen LogP contribution in [0.5, 0.6) is 0 Å². The summed E-state index contributed by atoms with van der Waals surface area (Å²) in [5.74, 6) is 0.705. The van der Waals surface area contributed by atoms with Gasteiger partial charge in [-0.15, -0.1) is 0 Å². The van der Waals surface area contributed by atoms with Gasteiger partial charge in [-0.2, -0.15) is 0 Å². The van der Waals surface area contributed by atoms with Crippen molar-refractivity contribution in [2.45, 2.75) is 44.7 Å². The molecule has 0 unspecified atom stereocenters. The van der Waals surface area contributed by atoms with Gasteiger partial charge < -0.3 is 15.6 Å². The first-order valence-corrected chi connectivity index (χ1v) is 7.67. The average molecular weight is 290 g/mol. The molecule has 0 amide bonds. The lowest BCUT2D eigenvalue weighted by Crippen LogP contribution is -2.49. The lowest BCUT2D eigenvalue weighted by Gasteiger charge is -2.28. The lowest BCUT2D eigenvalue weighted by atomic mass is 9.97. The molecule has 1 aromatic heterocycles. The van der Waals surface area contributed by atoms with Crippen LogP contribution >= 0.6 is 0 Å². The first-order valence-electron chi connectivity index (χ1n) is 7.67. The molecule has 114 valence electrons. The van der Waals surface area contributed by atoms with Gasteiger partial charge in [-0.3, -0.25) is 0 Å². The fourth-order valence-electron chi connectivity index (χ4n) is 3.07. The third-order valence-electron chi connectivity index (χ3n) is 4.36. The molecule has 0 radical (unpaired) electrons. The van der Waals surface area contributed by atoms with Crippen molar-refractivity contribution in [2.24, 2.45) is 0 Å². The van der Waals surface area contributed by atoms with Gasteiger partial charge in [0.25, 0.3) is 0 Å². The van der Waals surface area contributed by atoms with Crippen LogP contribution in [0.25, 0.3) is 11.0 Å². The molecule has 3 rings (SSSR count). The summed E-state index contributed by atoms with van der Waals surface area (Å²) in [5, 5.41) is 7.13. The molecule has 2 heterocycles. The summed E-state index contributed by atoms with van der Waals surface area (Å²) < 4.78 is 13.1. The average Bonchev–Trinajstić information content (AvgIpc) is 2.97. The van der Waals surface area contributed by atoms with E-state index in [4.69, 9.17) is 0 Å². The van der Waals surface area contributed by atoms with E-state index < -0.39 is 0 Å². The van der Waals surface area contributed by atoms with E-state index in [0.29, 0.717) is 6.04 Å². The van der Waals surface area contributed by atoms with Crippen LogP contribution < -0.4 is 10.6 Å². The highest BCUT2D eigenvalue weighted by Gasteiger charge is 2.33. The standard InChI is InChI=1S/C16H23FN4/c1-16(2)14(7-9-19-16)18-8-3-4-15-20-12-6-5-11(17)10-13(12)21-15/h5-6,10,14,18-19H,3-4,7-9H2,1-2H3,(H,20,21)/t14-/m0/s1. The monoisotopic (exact) mass is 290 g/mol. The molecular formula is C16H23FN4. The van der Waals surface area contributed by atoms with Crippen molar-refractivity contribution in [3.63, 3.8) is 0 Å². The molecular weight excluding hydrogens is 267 g/mol. The Morgan fingerprint density at radius 3 is 3.05 bits per heavy atom. The topological polar surface area (TPSA) is 52.7 Å². The molecule has 2 aromatic rings. The number of fused-ring (bicyclic) bond motifs is 1. The Hall–Kier alpha value is -1.46. The predicted octanol–water partition coefficient (Wildman–Crippen LogP) is 2.36. The van der Waals surface area contributed by atoms with Crippen LogP contribution in [0.2, 0.25) is 0 Å². The summed E-state index contributed by atoms with van der Waals surface area (Å²) in [6, 6.07) is 5.19. The van der Waals surface area contributed by atoms with E-state index in [1.807, 2.05) is 0 Å². The first-order chi connectivity index (χ1) is 10.0. The summed E-state index contributed by atoms with van der Waals surface area (Å²) in [4.78, 5) is 7.68. The molecule has 1 fully saturated rings. The number of imidazole rings is 1. The van der Waals surface area contributed by atoms with Gasteiger partial charge in [0.2, 0.25) is 0 Å². The minimum Gasteiger partial charge on any atom is -0.342 e. The highest BCUT2D eigenvalue weighted by Crippen LogP contribution is 2.18. The number of nitrogens with zero attached hydrogens (tertiary/aromatic N) is 1. The fraction of sp³-hybridized carbons (Fsp3) is 0.562. The zero-order valence-electron chi connectivity index (χ0n) is 12.7. The number of halogens is 1. The number of aromatic amines is 1. The molecule has 4 nitrogen and oxygen atoms in total. The fourth-order valence-corrected chi connectivity index (χ4v) is 3.07. The van der Waals surface area contributed by atoms with Crippen LogP contribution in [-0.2, 0) is 6.42 Å². The minimum absolute atomic E-state index is 0.177. The number of hydrogen-bond acceptors (Lipinski definition) is 3. The number of rotatable bonds is 5. The van der Waals surface area contributed by atoms with Crippen molar-refractivity contribution >= 4 is 11.0 Å². The van der Waals surface area contributed by atoms with Crippen LogP contribution in [0, 0.1) is 5.82 Å². The molecule has 21 heavy (non-hydrogen) atoms. The highest BCUT2D eigenvalue weighted by molar-refractivity contribution is 5.74. The van der Waals surface area contributed by atoms with Crippen LogP contribution in [0.1, 0.15) is 32.5 Å². The molecule has 1 saturated heterocycles. The maximum absolute atomic E-state index is 13.1. The van der Waals surface area contributed by atoms with Crippen molar-refractivity contribution < 1.29 is 4.39 Å². The van der Waals surface area contributed by atoms with Crippen molar-refractivity contribution in [2.75, 3.05) is 13.1 Å². The molecule has 1 atom stereocenters. The summed E-state index contributed by atoms with van der Waals surface area (Å²) in [5.41, 5.74) is 1.79. The van der Waals surface area contributed by atoms with Gasteiger partial charge in [-0.05, 0) is 58.0 Å². The van der Waals surface area contributed by atoms with E-state index in [1.165, 1.54) is 18.6 Å². The Morgan fingerprint density at radius 2 is 2.29 bits per heavy atom. The van der Waals surface area contributed by atoms with Gasteiger partial charge in [-0.1, -0.05) is 0 Å². The number of H-pyrrole nitrogens is 1. The SMILES string of the molecule is CC1(C)NCC[C@@H]1NCCCc1nc2ccc(F)cc2[nH]1. The molecule has 3 N–H and O–H groups in total. The number of aromatic nitrogens is 2. The Bertz CT molecular complexity index is 620.